The Balaban J connectivity index is 0.00000110. The average Bonchev–Trinajstić information content (AvgIpc) is 3.71. The molecule has 3 aromatic rings. The van der Waals surface area contributed by atoms with E-state index in [-0.39, 0.29) is 23.5 Å². The summed E-state index contributed by atoms with van der Waals surface area (Å²) in [7, 11) is 0. The van der Waals surface area contributed by atoms with Crippen molar-refractivity contribution in [2.24, 2.45) is 11.8 Å². The van der Waals surface area contributed by atoms with Gasteiger partial charge in [-0.05, 0) is 80.5 Å². The molecule has 3 saturated carbocycles. The second-order valence-corrected chi connectivity index (χ2v) is 11.7. The summed E-state index contributed by atoms with van der Waals surface area (Å²) < 4.78 is 0. The van der Waals surface area contributed by atoms with Crippen LogP contribution in [-0.4, -0.2) is 49.9 Å². The van der Waals surface area contributed by atoms with E-state index in [9.17, 15) is 9.90 Å². The Morgan fingerprint density at radius 1 is 1.05 bits per heavy atom. The molecule has 1 amide bonds. The van der Waals surface area contributed by atoms with Gasteiger partial charge in [0.1, 0.15) is 17.2 Å². The number of hydrogen-bond acceptors (Lipinski definition) is 8. The first kappa shape index (κ1) is 24.2. The molecule has 0 radical (unpaired) electrons. The van der Waals surface area contributed by atoms with E-state index < -0.39 is 5.60 Å². The summed E-state index contributed by atoms with van der Waals surface area (Å²) >= 11 is 1.47. The van der Waals surface area contributed by atoms with E-state index in [4.69, 9.17) is 9.97 Å². The zero-order chi connectivity index (χ0) is 24.3. The highest BCUT2D eigenvalue weighted by molar-refractivity contribution is 7.99. The van der Waals surface area contributed by atoms with Crippen molar-refractivity contribution in [1.82, 2.24) is 20.2 Å². The van der Waals surface area contributed by atoms with Crippen molar-refractivity contribution >= 4 is 40.8 Å². The van der Waals surface area contributed by atoms with Gasteiger partial charge >= 0.3 is 0 Å². The molecule has 3 heterocycles. The van der Waals surface area contributed by atoms with E-state index in [0.29, 0.717) is 35.9 Å². The van der Waals surface area contributed by atoms with Gasteiger partial charge in [-0.2, -0.15) is 5.10 Å². The molecule has 1 aromatic carbocycles. The van der Waals surface area contributed by atoms with Crippen LogP contribution < -0.4 is 15.5 Å². The number of amides is 1. The summed E-state index contributed by atoms with van der Waals surface area (Å²) in [6, 6.07) is 11.8. The Hall–Kier alpha value is -3.11. The lowest BCUT2D eigenvalue weighted by Gasteiger charge is -2.47. The number of rotatable bonds is 9. The Bertz CT molecular complexity index is 1310. The van der Waals surface area contributed by atoms with Gasteiger partial charge in [0.05, 0.1) is 13.1 Å². The Morgan fingerprint density at radius 2 is 1.81 bits per heavy atom. The number of aromatic amines is 1. The summed E-state index contributed by atoms with van der Waals surface area (Å²) in [6.07, 6.45) is 6.62. The normalized spacial score (nSPS) is 20.1. The summed E-state index contributed by atoms with van der Waals surface area (Å²) in [6.45, 7) is 1.20. The first-order chi connectivity index (χ1) is 17.5. The lowest BCUT2D eigenvalue weighted by atomic mass is 9.89. The minimum atomic E-state index is -0.589. The van der Waals surface area contributed by atoms with Crippen LogP contribution >= 0.6 is 11.8 Å². The molecule has 0 spiro atoms. The zero-order valence-electron chi connectivity index (χ0n) is 19.9. The fourth-order valence-corrected chi connectivity index (χ4v) is 5.54. The first-order valence-electron chi connectivity index (χ1n) is 12.8. The quantitative estimate of drug-likeness (QED) is 0.264. The molecule has 2 aromatic heterocycles. The molecule has 0 bridgehead atoms. The fourth-order valence-electron chi connectivity index (χ4n) is 4.78. The zero-order valence-corrected chi connectivity index (χ0v) is 20.7. The van der Waals surface area contributed by atoms with Crippen LogP contribution in [0.3, 0.4) is 0 Å². The molecule has 7 rings (SSSR count). The molecule has 37 heavy (non-hydrogen) atoms. The van der Waals surface area contributed by atoms with Crippen LogP contribution in [0.1, 0.15) is 61.8 Å². The molecule has 9 nitrogen and oxygen atoms in total. The van der Waals surface area contributed by atoms with E-state index >= 15 is 0 Å². The van der Waals surface area contributed by atoms with Crippen LogP contribution in [0.2, 0.25) is 0 Å². The van der Waals surface area contributed by atoms with Crippen LogP contribution in [0.4, 0.5) is 23.1 Å². The molecular formula is C27H39N7O2S. The predicted molar refractivity (Wildman–Crippen MR) is 151 cm³/mol. The largest absolute Gasteiger partial charge is 0.386 e. The molecule has 200 valence electrons. The van der Waals surface area contributed by atoms with E-state index in [1.165, 1.54) is 24.6 Å². The van der Waals surface area contributed by atoms with E-state index in [0.717, 1.165) is 53.6 Å². The number of carbonyl (C=O) groups is 1. The topological polar surface area (TPSA) is 119 Å². The average molecular weight is 526 g/mol. The van der Waals surface area contributed by atoms with Gasteiger partial charge in [0.15, 0.2) is 11.0 Å². The van der Waals surface area contributed by atoms with Gasteiger partial charge in [-0.15, -0.1) is 0 Å². The van der Waals surface area contributed by atoms with Crippen molar-refractivity contribution in [3.05, 3.63) is 42.1 Å². The van der Waals surface area contributed by atoms with Crippen molar-refractivity contribution < 1.29 is 14.2 Å². The molecule has 4 aliphatic rings. The number of anilines is 4. The molecule has 0 unspecified atom stereocenters. The second-order valence-electron chi connectivity index (χ2n) is 10.6. The molecular weight excluding hydrogens is 486 g/mol. The maximum absolute atomic E-state index is 12.0. The van der Waals surface area contributed by atoms with Gasteiger partial charge in [0.2, 0.25) is 5.91 Å². The smallest absolute Gasteiger partial charge is 0.227 e. The summed E-state index contributed by atoms with van der Waals surface area (Å²) in [5.41, 5.74) is 1.37. The van der Waals surface area contributed by atoms with E-state index in [1.54, 1.807) is 0 Å². The maximum Gasteiger partial charge on any atom is 0.227 e. The third kappa shape index (κ3) is 5.31. The number of hydrogen-bond donors (Lipinski definition) is 4. The highest BCUT2D eigenvalue weighted by atomic mass is 32.2. The number of nitrogens with zero attached hydrogens (tertiary/aromatic N) is 4. The standard InChI is InChI=1S/C26H29N7O2S.CH4.3H2/c34-24(16-3-4-16)27-18-7-9-19(10-8-18)36-25-29-21(28-22-11-20(31-32-22)15-1-2-15)12-23(30-25)33-13-26(35,14-33)17-5-6-17;;;;/h7-12,15-17,35H,1-6,13-14H2,(H,27,34)(H2,28,29,30,31,32);1H4;3*1H. The van der Waals surface area contributed by atoms with Crippen molar-refractivity contribution in [3.63, 3.8) is 0 Å². The van der Waals surface area contributed by atoms with E-state index in [1.807, 2.05) is 30.3 Å². The Kier molecular flexibility index (Phi) is 6.11. The van der Waals surface area contributed by atoms with Crippen LogP contribution in [0.5, 0.6) is 0 Å². The lowest BCUT2D eigenvalue weighted by Crippen LogP contribution is -2.63. The van der Waals surface area contributed by atoms with Crippen LogP contribution in [0.15, 0.2) is 46.5 Å². The molecule has 3 aliphatic carbocycles. The molecule has 4 N–H and O–H groups in total. The number of β-amino-alcohol motifs (C(OH)–C–C–N with tert-alkyl or cyclic N) is 1. The number of H-pyrrole nitrogens is 1. The fraction of sp³-hybridized carbons (Fsp3) is 0.481. The van der Waals surface area contributed by atoms with Crippen molar-refractivity contribution in [2.75, 3.05) is 28.6 Å². The second kappa shape index (κ2) is 9.33. The number of nitrogens with one attached hydrogen (secondary N) is 3. The summed E-state index contributed by atoms with van der Waals surface area (Å²) in [4.78, 5) is 24.7. The number of aliphatic hydroxyl groups is 1. The first-order valence-corrected chi connectivity index (χ1v) is 13.6. The molecule has 1 aliphatic heterocycles. The summed E-state index contributed by atoms with van der Waals surface area (Å²) in [5.74, 6) is 3.51. The Morgan fingerprint density at radius 3 is 2.49 bits per heavy atom. The molecule has 1 saturated heterocycles. The molecule has 10 heteroatoms. The van der Waals surface area contributed by atoms with Crippen molar-refractivity contribution in [1.29, 1.82) is 0 Å². The summed E-state index contributed by atoms with van der Waals surface area (Å²) in [5, 5.41) is 25.3. The SMILES string of the molecule is C.O=C(Nc1ccc(Sc2nc(Nc3cc(C4CC4)[nH]n3)cc(N3CC(O)(C4CC4)C3)n2)cc1)C1CC1.[HH].[HH].[HH]. The highest BCUT2D eigenvalue weighted by Gasteiger charge is 2.52. The number of aromatic nitrogens is 4. The minimum absolute atomic E-state index is 0. The van der Waals surface area contributed by atoms with Gasteiger partial charge in [-0.25, -0.2) is 9.97 Å². The van der Waals surface area contributed by atoms with Gasteiger partial charge in [0.25, 0.3) is 0 Å². The van der Waals surface area contributed by atoms with Crippen LogP contribution in [0, 0.1) is 11.8 Å². The molecule has 0 atom stereocenters. The van der Waals surface area contributed by atoms with Gasteiger partial charge in [0, 0.05) is 44.5 Å². The minimum Gasteiger partial charge on any atom is -0.386 e. The number of benzene rings is 1. The van der Waals surface area contributed by atoms with Crippen molar-refractivity contribution in [3.8, 4) is 0 Å². The van der Waals surface area contributed by atoms with Gasteiger partial charge in [-0.1, -0.05) is 7.43 Å². The van der Waals surface area contributed by atoms with Crippen LogP contribution in [0.25, 0.3) is 0 Å². The van der Waals surface area contributed by atoms with Crippen LogP contribution in [-0.2, 0) is 4.79 Å². The van der Waals surface area contributed by atoms with E-state index in [2.05, 4.69) is 31.8 Å². The molecule has 4 fully saturated rings. The lowest BCUT2D eigenvalue weighted by molar-refractivity contribution is -0.117. The van der Waals surface area contributed by atoms with Crippen molar-refractivity contribution in [2.45, 2.75) is 67.5 Å². The predicted octanol–water partition coefficient (Wildman–Crippen LogP) is 5.66. The Labute approximate surface area is 225 Å². The van der Waals surface area contributed by atoms with Gasteiger partial charge < -0.3 is 20.6 Å². The van der Waals surface area contributed by atoms with Gasteiger partial charge in [-0.3, -0.25) is 9.89 Å². The highest BCUT2D eigenvalue weighted by Crippen LogP contribution is 2.46. The number of carbonyl (C=O) groups excluding carboxylic acids is 1. The third-order valence-electron chi connectivity index (χ3n) is 7.43. The third-order valence-corrected chi connectivity index (χ3v) is 8.31. The maximum atomic E-state index is 12.0. The monoisotopic (exact) mass is 525 g/mol.